The van der Waals surface area contributed by atoms with Crippen LogP contribution in [0.1, 0.15) is 28.0 Å². The van der Waals surface area contributed by atoms with Crippen LogP contribution >= 0.6 is 0 Å². The minimum atomic E-state index is -2.87. The highest BCUT2D eigenvalue weighted by Gasteiger charge is 2.23. The number of oxime groups is 1. The normalized spacial score (nSPS) is 11.1. The predicted octanol–water partition coefficient (Wildman–Crippen LogP) is 2.56. The van der Waals surface area contributed by atoms with Crippen LogP contribution < -0.4 is 4.74 Å². The molecule has 0 radical (unpaired) electrons. The average Bonchev–Trinajstić information content (AvgIpc) is 2.90. The Balaban J connectivity index is 2.04. The third-order valence-electron chi connectivity index (χ3n) is 2.74. The summed E-state index contributed by atoms with van der Waals surface area (Å²) in [5.41, 5.74) is -0.287. The van der Waals surface area contributed by atoms with Crippen molar-refractivity contribution in [2.24, 2.45) is 12.2 Å². The van der Waals surface area contributed by atoms with Gasteiger partial charge >= 0.3 is 5.97 Å². The van der Waals surface area contributed by atoms with Crippen LogP contribution in [0.5, 0.6) is 5.75 Å². The van der Waals surface area contributed by atoms with Gasteiger partial charge in [-0.2, -0.15) is 5.10 Å². The molecule has 2 aromatic rings. The number of aryl methyl sites for hydroxylation is 1. The topological polar surface area (TPSA) is 65.7 Å². The lowest BCUT2D eigenvalue weighted by molar-refractivity contribution is 0.0508. The molecule has 0 aliphatic carbocycles. The SMILES string of the molecule is COc1ccc(/C=N/OC(=O)c2cn(C)nc2C(F)F)cc1. The van der Waals surface area contributed by atoms with Gasteiger partial charge in [-0.25, -0.2) is 13.6 Å². The second kappa shape index (κ2) is 6.79. The number of benzene rings is 1. The smallest absolute Gasteiger partial charge is 0.369 e. The van der Waals surface area contributed by atoms with Crippen LogP contribution in [0.25, 0.3) is 0 Å². The summed E-state index contributed by atoms with van der Waals surface area (Å²) in [5.74, 6) is -0.320. The molecular weight excluding hydrogens is 296 g/mol. The molecule has 0 bridgehead atoms. The van der Waals surface area contributed by atoms with Gasteiger partial charge in [-0.15, -0.1) is 0 Å². The first kappa shape index (κ1) is 15.6. The van der Waals surface area contributed by atoms with E-state index in [0.717, 1.165) is 10.9 Å². The summed E-state index contributed by atoms with van der Waals surface area (Å²) in [7, 11) is 2.97. The van der Waals surface area contributed by atoms with E-state index in [2.05, 4.69) is 15.1 Å². The van der Waals surface area contributed by atoms with E-state index in [0.29, 0.717) is 11.3 Å². The molecule has 1 aromatic heterocycles. The molecule has 0 spiro atoms. The zero-order valence-corrected chi connectivity index (χ0v) is 11.9. The Morgan fingerprint density at radius 3 is 2.64 bits per heavy atom. The molecule has 0 atom stereocenters. The van der Waals surface area contributed by atoms with Crippen molar-refractivity contribution in [1.29, 1.82) is 0 Å². The van der Waals surface area contributed by atoms with Gasteiger partial charge in [0.25, 0.3) is 6.43 Å². The summed E-state index contributed by atoms with van der Waals surface area (Å²) in [4.78, 5) is 16.3. The maximum atomic E-state index is 12.7. The van der Waals surface area contributed by atoms with Crippen LogP contribution in [0.4, 0.5) is 8.78 Å². The van der Waals surface area contributed by atoms with Gasteiger partial charge in [0.15, 0.2) is 0 Å². The molecule has 0 saturated carbocycles. The van der Waals surface area contributed by atoms with Crippen molar-refractivity contribution in [1.82, 2.24) is 9.78 Å². The minimum Gasteiger partial charge on any atom is -0.497 e. The third-order valence-corrected chi connectivity index (χ3v) is 2.74. The lowest BCUT2D eigenvalue weighted by Gasteiger charge is -1.99. The second-order valence-electron chi connectivity index (χ2n) is 4.29. The number of carbonyl (C=O) groups excluding carboxylic acids is 1. The van der Waals surface area contributed by atoms with Gasteiger partial charge in [0, 0.05) is 13.2 Å². The molecule has 2 rings (SSSR count). The lowest BCUT2D eigenvalue weighted by atomic mass is 10.2. The highest BCUT2D eigenvalue weighted by atomic mass is 19.3. The van der Waals surface area contributed by atoms with E-state index in [4.69, 9.17) is 4.74 Å². The van der Waals surface area contributed by atoms with E-state index >= 15 is 0 Å². The molecule has 0 N–H and O–H groups in total. The number of hydrogen-bond acceptors (Lipinski definition) is 5. The Morgan fingerprint density at radius 1 is 1.36 bits per heavy atom. The van der Waals surface area contributed by atoms with E-state index in [1.54, 1.807) is 31.4 Å². The fourth-order valence-corrected chi connectivity index (χ4v) is 1.70. The molecule has 0 aliphatic heterocycles. The first-order valence-electron chi connectivity index (χ1n) is 6.21. The first-order chi connectivity index (χ1) is 10.5. The van der Waals surface area contributed by atoms with E-state index < -0.39 is 18.1 Å². The van der Waals surface area contributed by atoms with Crippen LogP contribution in [0.3, 0.4) is 0 Å². The number of rotatable bonds is 5. The van der Waals surface area contributed by atoms with Crippen LogP contribution in [0.15, 0.2) is 35.6 Å². The fraction of sp³-hybridized carbons (Fsp3) is 0.214. The van der Waals surface area contributed by atoms with Crippen molar-refractivity contribution in [3.63, 3.8) is 0 Å². The van der Waals surface area contributed by atoms with E-state index in [1.165, 1.54) is 13.3 Å². The summed E-state index contributed by atoms with van der Waals surface area (Å²) in [6, 6.07) is 6.81. The first-order valence-corrected chi connectivity index (χ1v) is 6.21. The maximum Gasteiger partial charge on any atom is 0.369 e. The molecule has 1 heterocycles. The molecule has 6 nitrogen and oxygen atoms in total. The van der Waals surface area contributed by atoms with Crippen LogP contribution in [-0.4, -0.2) is 29.1 Å². The molecule has 22 heavy (non-hydrogen) atoms. The van der Waals surface area contributed by atoms with Gasteiger partial charge in [-0.05, 0) is 29.8 Å². The molecule has 0 saturated heterocycles. The predicted molar refractivity (Wildman–Crippen MR) is 74.2 cm³/mol. The van der Waals surface area contributed by atoms with Gasteiger partial charge in [-0.1, -0.05) is 5.16 Å². The summed E-state index contributed by atoms with van der Waals surface area (Å²) in [6.07, 6.45) is -0.419. The summed E-state index contributed by atoms with van der Waals surface area (Å²) in [5, 5.41) is 7.00. The van der Waals surface area contributed by atoms with Crippen molar-refractivity contribution in [3.8, 4) is 5.75 Å². The number of ether oxygens (including phenoxy) is 1. The van der Waals surface area contributed by atoms with Gasteiger partial charge < -0.3 is 9.57 Å². The number of halogens is 2. The Labute approximate surface area is 124 Å². The fourth-order valence-electron chi connectivity index (χ4n) is 1.70. The Kier molecular flexibility index (Phi) is 4.82. The number of hydrogen-bond donors (Lipinski definition) is 0. The number of nitrogens with zero attached hydrogens (tertiary/aromatic N) is 3. The largest absolute Gasteiger partial charge is 0.497 e. The summed E-state index contributed by atoms with van der Waals surface area (Å²) >= 11 is 0. The van der Waals surface area contributed by atoms with Crippen molar-refractivity contribution < 1.29 is 23.1 Å². The van der Waals surface area contributed by atoms with Crippen molar-refractivity contribution in [2.75, 3.05) is 7.11 Å². The Hall–Kier alpha value is -2.77. The summed E-state index contributed by atoms with van der Waals surface area (Å²) < 4.78 is 31.6. The van der Waals surface area contributed by atoms with Crippen LogP contribution in [0.2, 0.25) is 0 Å². The van der Waals surface area contributed by atoms with E-state index in [9.17, 15) is 13.6 Å². The maximum absolute atomic E-state index is 12.7. The van der Waals surface area contributed by atoms with Crippen molar-refractivity contribution in [3.05, 3.63) is 47.3 Å². The highest BCUT2D eigenvalue weighted by molar-refractivity contribution is 5.91. The van der Waals surface area contributed by atoms with Gasteiger partial charge in [-0.3, -0.25) is 4.68 Å². The lowest BCUT2D eigenvalue weighted by Crippen LogP contribution is -2.04. The monoisotopic (exact) mass is 309 g/mol. The Morgan fingerprint density at radius 2 is 2.05 bits per heavy atom. The minimum absolute atomic E-state index is 0.315. The van der Waals surface area contributed by atoms with Crippen LogP contribution in [0, 0.1) is 0 Å². The Bertz CT molecular complexity index is 681. The molecule has 0 aliphatic rings. The molecule has 0 fully saturated rings. The molecular formula is C14H13F2N3O3. The standard InChI is InChI=1S/C14H13F2N3O3/c1-19-8-11(12(18-19)13(15)16)14(20)22-17-7-9-3-5-10(21-2)6-4-9/h3-8,13H,1-2H3/b17-7+. The zero-order valence-electron chi connectivity index (χ0n) is 11.9. The molecule has 1 aromatic carbocycles. The van der Waals surface area contributed by atoms with E-state index in [1.807, 2.05) is 0 Å². The second-order valence-corrected chi connectivity index (χ2v) is 4.29. The third kappa shape index (κ3) is 3.66. The van der Waals surface area contributed by atoms with E-state index in [-0.39, 0.29) is 5.56 Å². The van der Waals surface area contributed by atoms with Crippen molar-refractivity contribution in [2.45, 2.75) is 6.43 Å². The van der Waals surface area contributed by atoms with Crippen LogP contribution in [-0.2, 0) is 11.9 Å². The quantitative estimate of drug-likeness (QED) is 0.484. The number of aromatic nitrogens is 2. The molecule has 116 valence electrons. The van der Waals surface area contributed by atoms with Crippen molar-refractivity contribution >= 4 is 12.2 Å². The number of alkyl halides is 2. The zero-order chi connectivity index (χ0) is 16.1. The average molecular weight is 309 g/mol. The summed E-state index contributed by atoms with van der Waals surface area (Å²) in [6.45, 7) is 0. The molecule has 0 unspecified atom stereocenters. The van der Waals surface area contributed by atoms with Gasteiger partial charge in [0.05, 0.1) is 13.3 Å². The number of methoxy groups -OCH3 is 1. The van der Waals surface area contributed by atoms with Gasteiger partial charge in [0.1, 0.15) is 17.0 Å². The number of carbonyl (C=O) groups is 1. The molecule has 0 amide bonds. The molecule has 8 heteroatoms. The highest BCUT2D eigenvalue weighted by Crippen LogP contribution is 2.21. The van der Waals surface area contributed by atoms with Gasteiger partial charge in [0.2, 0.25) is 0 Å².